The van der Waals surface area contributed by atoms with Gasteiger partial charge in [-0.25, -0.2) is 4.79 Å². The fourth-order valence-corrected chi connectivity index (χ4v) is 4.14. The molecule has 1 saturated heterocycles. The van der Waals surface area contributed by atoms with Crippen molar-refractivity contribution in [3.05, 3.63) is 42.2 Å². The van der Waals surface area contributed by atoms with Crippen molar-refractivity contribution in [1.82, 2.24) is 9.88 Å². The number of amides is 2. The van der Waals surface area contributed by atoms with Gasteiger partial charge >= 0.3 is 6.09 Å². The molecule has 4 N–H and O–H groups in total. The zero-order chi connectivity index (χ0) is 23.9. The number of carbonyl (C=O) groups excluding carboxylic acids is 2. The standard InChI is InChI=1S/C26H31N5O3/c1-34-26(33)30-21-8-10-22-18-14-19(17-28-16-18)23(27)7-4-2-3-6-20(29-24(22)15-21)9-11-25(32)31-12-5-13-31/h8,10,14-17,20,23,29H,2-7,12-13,27H2,1H3,(H,30,33)/t20?,23-/m0/s1. The number of rotatable bonds is 1. The number of hydrogen-bond donors (Lipinski definition) is 3. The van der Waals surface area contributed by atoms with Crippen molar-refractivity contribution in [2.45, 2.75) is 50.6 Å². The van der Waals surface area contributed by atoms with Gasteiger partial charge in [0.25, 0.3) is 5.91 Å². The average Bonchev–Trinajstić information content (AvgIpc) is 2.81. The molecule has 2 atom stereocenters. The number of methoxy groups -OCH3 is 1. The zero-order valence-corrected chi connectivity index (χ0v) is 19.5. The highest BCUT2D eigenvalue weighted by atomic mass is 16.5. The Morgan fingerprint density at radius 2 is 1.97 bits per heavy atom. The van der Waals surface area contributed by atoms with E-state index in [0.29, 0.717) is 5.69 Å². The number of anilines is 2. The molecular formula is C26H31N5O3. The van der Waals surface area contributed by atoms with Crippen LogP contribution in [0.2, 0.25) is 0 Å². The van der Waals surface area contributed by atoms with Crippen molar-refractivity contribution < 1.29 is 14.3 Å². The van der Waals surface area contributed by atoms with Crippen molar-refractivity contribution in [3.8, 4) is 23.0 Å². The van der Waals surface area contributed by atoms with Gasteiger partial charge in [0.05, 0.1) is 13.2 Å². The topological polar surface area (TPSA) is 110 Å². The van der Waals surface area contributed by atoms with Crippen LogP contribution in [-0.2, 0) is 9.53 Å². The number of hydrogen-bond acceptors (Lipinski definition) is 6. The quantitative estimate of drug-likeness (QED) is 0.556. The van der Waals surface area contributed by atoms with Crippen LogP contribution in [0.25, 0.3) is 11.1 Å². The third-order valence-electron chi connectivity index (χ3n) is 6.28. The molecule has 2 aliphatic heterocycles. The lowest BCUT2D eigenvalue weighted by Crippen LogP contribution is -2.41. The molecule has 3 heterocycles. The highest BCUT2D eigenvalue weighted by Gasteiger charge is 2.19. The second kappa shape index (κ2) is 11.0. The van der Waals surface area contributed by atoms with Gasteiger partial charge in [0.2, 0.25) is 0 Å². The zero-order valence-electron chi connectivity index (χ0n) is 19.5. The van der Waals surface area contributed by atoms with Gasteiger partial charge in [-0.3, -0.25) is 15.1 Å². The normalized spacial score (nSPS) is 19.9. The summed E-state index contributed by atoms with van der Waals surface area (Å²) in [6.45, 7) is 1.56. The molecule has 34 heavy (non-hydrogen) atoms. The number of carbonyl (C=O) groups is 2. The summed E-state index contributed by atoms with van der Waals surface area (Å²) >= 11 is 0. The van der Waals surface area contributed by atoms with Crippen LogP contribution in [0, 0.1) is 11.8 Å². The highest BCUT2D eigenvalue weighted by Crippen LogP contribution is 2.33. The monoisotopic (exact) mass is 461 g/mol. The number of likely N-dealkylation sites (tertiary alicyclic amines) is 1. The minimum atomic E-state index is -0.546. The van der Waals surface area contributed by atoms with Gasteiger partial charge in [-0.05, 0) is 48.9 Å². The summed E-state index contributed by atoms with van der Waals surface area (Å²) in [4.78, 5) is 30.3. The summed E-state index contributed by atoms with van der Waals surface area (Å²) < 4.78 is 4.74. The Morgan fingerprint density at radius 3 is 2.74 bits per heavy atom. The van der Waals surface area contributed by atoms with Crippen molar-refractivity contribution in [1.29, 1.82) is 0 Å². The van der Waals surface area contributed by atoms with E-state index in [9.17, 15) is 9.59 Å². The Labute approximate surface area is 200 Å². The number of pyridine rings is 1. The Morgan fingerprint density at radius 1 is 1.15 bits per heavy atom. The first-order valence-electron chi connectivity index (χ1n) is 11.8. The molecule has 4 rings (SSSR count). The minimum absolute atomic E-state index is 0.0744. The van der Waals surface area contributed by atoms with Crippen molar-refractivity contribution in [2.75, 3.05) is 30.8 Å². The van der Waals surface area contributed by atoms with E-state index in [0.717, 1.165) is 74.0 Å². The summed E-state index contributed by atoms with van der Waals surface area (Å²) in [6.07, 6.45) is 8.79. The predicted octanol–water partition coefficient (Wildman–Crippen LogP) is 3.91. The molecule has 2 amide bonds. The first-order valence-corrected chi connectivity index (χ1v) is 11.8. The molecule has 0 aliphatic carbocycles. The third-order valence-corrected chi connectivity index (χ3v) is 6.28. The van der Waals surface area contributed by atoms with E-state index in [1.165, 1.54) is 7.11 Å². The fraction of sp³-hybridized carbons (Fsp3) is 0.423. The Kier molecular flexibility index (Phi) is 7.65. The minimum Gasteiger partial charge on any atom is -0.453 e. The summed E-state index contributed by atoms with van der Waals surface area (Å²) in [5.41, 5.74) is 10.7. The lowest BCUT2D eigenvalue weighted by Gasteiger charge is -2.28. The lowest BCUT2D eigenvalue weighted by molar-refractivity contribution is -0.128. The van der Waals surface area contributed by atoms with E-state index in [1.807, 2.05) is 24.4 Å². The van der Waals surface area contributed by atoms with E-state index in [4.69, 9.17) is 10.5 Å². The number of aromatic nitrogens is 1. The number of benzene rings is 1. The molecule has 0 saturated carbocycles. The first kappa shape index (κ1) is 23.6. The van der Waals surface area contributed by atoms with Crippen molar-refractivity contribution in [2.24, 2.45) is 5.73 Å². The second-order valence-corrected chi connectivity index (χ2v) is 8.74. The number of nitrogens with one attached hydrogen (secondary N) is 2. The number of nitrogens with zero attached hydrogens (tertiary/aromatic N) is 2. The van der Waals surface area contributed by atoms with Crippen LogP contribution in [0.3, 0.4) is 0 Å². The molecular weight excluding hydrogens is 430 g/mol. The van der Waals surface area contributed by atoms with E-state index in [2.05, 4.69) is 33.5 Å². The van der Waals surface area contributed by atoms with Gasteiger partial charge in [-0.2, -0.15) is 0 Å². The summed E-state index contributed by atoms with van der Waals surface area (Å²) in [6, 6.07) is 7.37. The van der Waals surface area contributed by atoms with Crippen LogP contribution in [0.5, 0.6) is 0 Å². The molecule has 8 nitrogen and oxygen atoms in total. The smallest absolute Gasteiger partial charge is 0.411 e. The van der Waals surface area contributed by atoms with E-state index in [-0.39, 0.29) is 18.0 Å². The predicted molar refractivity (Wildman–Crippen MR) is 132 cm³/mol. The molecule has 1 unspecified atom stereocenters. The summed E-state index contributed by atoms with van der Waals surface area (Å²) in [5.74, 6) is 5.87. The molecule has 1 aromatic carbocycles. The van der Waals surface area contributed by atoms with E-state index < -0.39 is 6.09 Å². The van der Waals surface area contributed by atoms with E-state index >= 15 is 0 Å². The van der Waals surface area contributed by atoms with Crippen LogP contribution in [0.15, 0.2) is 36.7 Å². The van der Waals surface area contributed by atoms with Gasteiger partial charge in [0.1, 0.15) is 0 Å². The molecule has 178 valence electrons. The number of ether oxygens (including phenoxy) is 1. The average molecular weight is 462 g/mol. The van der Waals surface area contributed by atoms with Crippen LogP contribution >= 0.6 is 0 Å². The summed E-state index contributed by atoms with van der Waals surface area (Å²) in [7, 11) is 1.32. The molecule has 2 aromatic rings. The molecule has 0 spiro atoms. The van der Waals surface area contributed by atoms with Crippen LogP contribution in [-0.4, -0.2) is 48.1 Å². The van der Waals surface area contributed by atoms with Crippen molar-refractivity contribution in [3.63, 3.8) is 0 Å². The maximum absolute atomic E-state index is 12.3. The van der Waals surface area contributed by atoms with Crippen LogP contribution < -0.4 is 16.4 Å². The lowest BCUT2D eigenvalue weighted by atomic mass is 9.98. The highest BCUT2D eigenvalue weighted by molar-refractivity contribution is 5.94. The fourth-order valence-electron chi connectivity index (χ4n) is 4.14. The van der Waals surface area contributed by atoms with Gasteiger partial charge in [0, 0.05) is 54.0 Å². The molecule has 1 fully saturated rings. The number of nitrogens with two attached hydrogens (primary N) is 1. The maximum Gasteiger partial charge on any atom is 0.411 e. The maximum atomic E-state index is 12.3. The Hall–Kier alpha value is -3.57. The van der Waals surface area contributed by atoms with Gasteiger partial charge in [-0.15, -0.1) is 0 Å². The van der Waals surface area contributed by atoms with Crippen LogP contribution in [0.1, 0.15) is 50.1 Å². The Balaban J connectivity index is 1.70. The first-order chi connectivity index (χ1) is 16.5. The van der Waals surface area contributed by atoms with Crippen molar-refractivity contribution >= 4 is 23.4 Å². The van der Waals surface area contributed by atoms with Crippen LogP contribution in [0.4, 0.5) is 16.2 Å². The molecule has 8 heteroatoms. The van der Waals surface area contributed by atoms with Gasteiger partial charge in [-0.1, -0.05) is 31.2 Å². The van der Waals surface area contributed by atoms with Gasteiger partial charge in [0.15, 0.2) is 0 Å². The SMILES string of the molecule is COC(=O)Nc1ccc2c(c1)NC(C#CC(=O)N1CCC1)CCCCC[C@H](N)c1cncc-2c1. The Bertz CT molecular complexity index is 1100. The van der Waals surface area contributed by atoms with E-state index in [1.54, 1.807) is 11.1 Å². The molecule has 2 aliphatic rings. The third kappa shape index (κ3) is 5.86. The largest absolute Gasteiger partial charge is 0.453 e. The molecule has 2 bridgehead atoms. The van der Waals surface area contributed by atoms with Gasteiger partial charge < -0.3 is 20.7 Å². The molecule has 1 aromatic heterocycles. The number of fused-ring (bicyclic) bond motifs is 4. The summed E-state index contributed by atoms with van der Waals surface area (Å²) in [5, 5.41) is 6.24. The molecule has 0 radical (unpaired) electrons. The second-order valence-electron chi connectivity index (χ2n) is 8.74.